The molecule has 4 heteroatoms. The zero-order valence-corrected chi connectivity index (χ0v) is 17.5. The molecule has 0 amide bonds. The van der Waals surface area contributed by atoms with Crippen molar-refractivity contribution in [2.75, 3.05) is 7.11 Å². The smallest absolute Gasteiger partial charge is 0.338 e. The molecule has 0 aliphatic carbocycles. The van der Waals surface area contributed by atoms with Gasteiger partial charge in [-0.3, -0.25) is 0 Å². The van der Waals surface area contributed by atoms with Crippen molar-refractivity contribution in [1.29, 1.82) is 0 Å². The Morgan fingerprint density at radius 2 is 1.14 bits per heavy atom. The molecule has 0 saturated heterocycles. The van der Waals surface area contributed by atoms with Crippen LogP contribution >= 0.6 is 10.3 Å². The third kappa shape index (κ3) is 4.13. The number of carbonyl (C=O) groups excluding carboxylic acids is 1. The first-order valence-electron chi connectivity index (χ1n) is 9.19. The van der Waals surface area contributed by atoms with Gasteiger partial charge in [0.1, 0.15) is 5.60 Å². The van der Waals surface area contributed by atoms with Crippen molar-refractivity contribution in [2.24, 2.45) is 0 Å². The Kier molecular flexibility index (Phi) is 5.92. The summed E-state index contributed by atoms with van der Waals surface area (Å²) in [6.45, 7) is 5.60. The van der Waals surface area contributed by atoms with Gasteiger partial charge >= 0.3 is 5.97 Å². The summed E-state index contributed by atoms with van der Waals surface area (Å²) in [7, 11) is -0.153. The molecule has 0 fully saturated rings. The zero-order valence-electron chi connectivity index (χ0n) is 16.7. The maximum atomic E-state index is 12.4. The summed E-state index contributed by atoms with van der Waals surface area (Å²) < 4.78 is 11.7. The van der Waals surface area contributed by atoms with Crippen molar-refractivity contribution in [1.82, 2.24) is 0 Å². The monoisotopic (exact) mass is 394 g/mol. The molecule has 3 aromatic rings. The molecule has 0 aromatic heterocycles. The lowest BCUT2D eigenvalue weighted by molar-refractivity contribution is 0.00694. The molecule has 0 saturated carbocycles. The Labute approximate surface area is 168 Å². The second kappa shape index (κ2) is 8.21. The molecular formula is C24H26O3S. The van der Waals surface area contributed by atoms with E-state index in [-0.39, 0.29) is 5.97 Å². The predicted molar refractivity (Wildman–Crippen MR) is 114 cm³/mol. The molecule has 0 radical (unpaired) electrons. The van der Waals surface area contributed by atoms with E-state index < -0.39 is 15.9 Å². The third-order valence-electron chi connectivity index (χ3n) is 4.22. The average molecular weight is 395 g/mol. The van der Waals surface area contributed by atoms with Gasteiger partial charge < -0.3 is 8.92 Å². The van der Waals surface area contributed by atoms with Gasteiger partial charge in [-0.15, -0.1) is 0 Å². The average Bonchev–Trinajstić information content (AvgIpc) is 2.70. The quantitative estimate of drug-likeness (QED) is 0.464. The first kappa shape index (κ1) is 20.2. The molecule has 0 heterocycles. The fourth-order valence-electron chi connectivity index (χ4n) is 3.04. The van der Waals surface area contributed by atoms with Crippen LogP contribution in [0.2, 0.25) is 0 Å². The molecule has 28 heavy (non-hydrogen) atoms. The summed E-state index contributed by atoms with van der Waals surface area (Å²) in [5.74, 6) is -0.323. The summed E-state index contributed by atoms with van der Waals surface area (Å²) in [6.07, 6.45) is 0. The van der Waals surface area contributed by atoms with Crippen molar-refractivity contribution >= 4 is 16.3 Å². The van der Waals surface area contributed by atoms with Crippen LogP contribution < -0.4 is 0 Å². The minimum Gasteiger partial charge on any atom is -0.456 e. The highest BCUT2D eigenvalue weighted by Gasteiger charge is 2.31. The summed E-state index contributed by atoms with van der Waals surface area (Å²) >= 11 is 0. The molecule has 0 aliphatic heterocycles. The lowest BCUT2D eigenvalue weighted by atomic mass is 10.2. The molecule has 146 valence electrons. The molecule has 3 nitrogen and oxygen atoms in total. The molecule has 0 unspecified atom stereocenters. The van der Waals surface area contributed by atoms with E-state index in [1.165, 1.54) is 0 Å². The molecule has 0 aliphatic rings. The van der Waals surface area contributed by atoms with Crippen LogP contribution in [0, 0.1) is 0 Å². The normalized spacial score (nSPS) is 12.4. The molecule has 3 rings (SSSR count). The van der Waals surface area contributed by atoms with E-state index in [0.29, 0.717) is 5.56 Å². The van der Waals surface area contributed by atoms with Gasteiger partial charge in [0.15, 0.2) is 0 Å². The third-order valence-corrected chi connectivity index (χ3v) is 7.53. The lowest BCUT2D eigenvalue weighted by Crippen LogP contribution is -2.23. The van der Waals surface area contributed by atoms with E-state index in [2.05, 4.69) is 24.3 Å². The Balaban J connectivity index is 2.08. The maximum Gasteiger partial charge on any atom is 0.338 e. The van der Waals surface area contributed by atoms with Crippen LogP contribution in [0.1, 0.15) is 31.1 Å². The highest BCUT2D eigenvalue weighted by molar-refractivity contribution is 8.30. The van der Waals surface area contributed by atoms with Crippen LogP contribution in [0.4, 0.5) is 0 Å². The zero-order chi connectivity index (χ0) is 20.2. The van der Waals surface area contributed by atoms with Gasteiger partial charge in [0.05, 0.1) is 5.56 Å². The summed E-state index contributed by atoms with van der Waals surface area (Å²) in [6, 6.07) is 28.0. The highest BCUT2D eigenvalue weighted by Crippen LogP contribution is 2.68. The maximum absolute atomic E-state index is 12.4. The molecular weight excluding hydrogens is 368 g/mol. The molecule has 0 atom stereocenters. The molecule has 0 spiro atoms. The minimum atomic E-state index is -1.90. The molecule has 0 bridgehead atoms. The number of hydrogen-bond donors (Lipinski definition) is 0. The van der Waals surface area contributed by atoms with Crippen LogP contribution in [0.25, 0.3) is 0 Å². The van der Waals surface area contributed by atoms with E-state index in [1.807, 2.05) is 81.4 Å². The molecule has 0 N–H and O–H groups in total. The standard InChI is InChI=1S/C24H26O3S/c1-24(2,3)27-23(25)19-15-17-22(18-16-19)28(26-4,20-11-7-5-8-12-20)21-13-9-6-10-14-21/h5-18H,1-4H3. The van der Waals surface area contributed by atoms with E-state index in [0.717, 1.165) is 14.7 Å². The molecule has 3 aromatic carbocycles. The van der Waals surface area contributed by atoms with Crippen molar-refractivity contribution < 1.29 is 13.7 Å². The summed E-state index contributed by atoms with van der Waals surface area (Å²) in [5, 5.41) is 0. The van der Waals surface area contributed by atoms with E-state index in [1.54, 1.807) is 7.11 Å². The summed E-state index contributed by atoms with van der Waals surface area (Å²) in [4.78, 5) is 15.6. The number of esters is 1. The number of rotatable bonds is 5. The van der Waals surface area contributed by atoms with Crippen molar-refractivity contribution in [3.63, 3.8) is 0 Å². The fourth-order valence-corrected chi connectivity index (χ4v) is 6.03. The highest BCUT2D eigenvalue weighted by atomic mass is 32.3. The number of benzene rings is 3. The Morgan fingerprint density at radius 1 is 0.714 bits per heavy atom. The van der Waals surface area contributed by atoms with Gasteiger partial charge in [0.2, 0.25) is 0 Å². The minimum absolute atomic E-state index is 0.323. The summed E-state index contributed by atoms with van der Waals surface area (Å²) in [5.41, 5.74) is 0.00922. The van der Waals surface area contributed by atoms with Gasteiger partial charge in [-0.1, -0.05) is 46.7 Å². The first-order chi connectivity index (χ1) is 13.4. The van der Waals surface area contributed by atoms with Crippen LogP contribution in [0.15, 0.2) is 99.6 Å². The number of hydrogen-bond acceptors (Lipinski definition) is 3. The van der Waals surface area contributed by atoms with Gasteiger partial charge in [-0.05, 0) is 69.3 Å². The predicted octanol–water partition coefficient (Wildman–Crippen LogP) is 6.49. The van der Waals surface area contributed by atoms with Crippen LogP contribution in [0.3, 0.4) is 0 Å². The van der Waals surface area contributed by atoms with E-state index >= 15 is 0 Å². The van der Waals surface area contributed by atoms with Crippen LogP contribution in [-0.2, 0) is 8.92 Å². The lowest BCUT2D eigenvalue weighted by Gasteiger charge is -2.39. The van der Waals surface area contributed by atoms with E-state index in [9.17, 15) is 4.79 Å². The SMILES string of the molecule is COS(c1ccccc1)(c1ccccc1)c1ccc(C(=O)OC(C)(C)C)cc1. The Morgan fingerprint density at radius 3 is 1.54 bits per heavy atom. The van der Waals surface area contributed by atoms with Crippen LogP contribution in [-0.4, -0.2) is 18.7 Å². The number of carbonyl (C=O) groups is 1. The van der Waals surface area contributed by atoms with E-state index in [4.69, 9.17) is 8.92 Å². The van der Waals surface area contributed by atoms with Gasteiger partial charge in [-0.25, -0.2) is 4.79 Å². The second-order valence-electron chi connectivity index (χ2n) is 7.38. The van der Waals surface area contributed by atoms with Crippen molar-refractivity contribution in [2.45, 2.75) is 41.1 Å². The van der Waals surface area contributed by atoms with Crippen LogP contribution in [0.5, 0.6) is 0 Å². The topological polar surface area (TPSA) is 35.5 Å². The number of ether oxygens (including phenoxy) is 1. The van der Waals surface area contributed by atoms with Gasteiger partial charge in [0, 0.05) is 21.8 Å². The van der Waals surface area contributed by atoms with Gasteiger partial charge in [0.25, 0.3) is 0 Å². The fraction of sp³-hybridized carbons (Fsp3) is 0.208. The largest absolute Gasteiger partial charge is 0.456 e. The Bertz CT molecular complexity index is 874. The van der Waals surface area contributed by atoms with Crippen molar-refractivity contribution in [3.05, 3.63) is 90.5 Å². The Hall–Kier alpha value is -2.56. The van der Waals surface area contributed by atoms with Crippen molar-refractivity contribution in [3.8, 4) is 0 Å². The van der Waals surface area contributed by atoms with Gasteiger partial charge in [-0.2, -0.15) is 0 Å². The first-order valence-corrected chi connectivity index (χ1v) is 10.8. The second-order valence-corrected chi connectivity index (χ2v) is 10.2.